The van der Waals surface area contributed by atoms with Gasteiger partial charge in [-0.3, -0.25) is 4.68 Å². The van der Waals surface area contributed by atoms with E-state index >= 15 is 0 Å². The molecule has 15 heavy (non-hydrogen) atoms. The summed E-state index contributed by atoms with van der Waals surface area (Å²) in [7, 11) is 0. The average molecular weight is 223 g/mol. The van der Waals surface area contributed by atoms with Crippen molar-refractivity contribution in [2.75, 3.05) is 5.73 Å². The van der Waals surface area contributed by atoms with Crippen molar-refractivity contribution < 1.29 is 0 Å². The fourth-order valence-corrected chi connectivity index (χ4v) is 1.97. The molecule has 0 unspecified atom stereocenters. The van der Waals surface area contributed by atoms with Crippen LogP contribution in [0.4, 0.5) is 5.13 Å². The lowest BCUT2D eigenvalue weighted by Gasteiger charge is -2.11. The Morgan fingerprint density at radius 1 is 1.53 bits per heavy atom. The standard InChI is InChI=1S/C9H13N5S/c1-3-6(2)14-7(4-5-11-14)8-12-13-9(10)15-8/h4-6H,3H2,1-2H3,(H2,10,13)/t6-/m1/s1. The predicted molar refractivity (Wildman–Crippen MR) is 60.5 cm³/mol. The van der Waals surface area contributed by atoms with E-state index in [0.29, 0.717) is 11.2 Å². The Labute approximate surface area is 91.9 Å². The molecule has 0 spiro atoms. The summed E-state index contributed by atoms with van der Waals surface area (Å²) in [5.74, 6) is 0. The fourth-order valence-electron chi connectivity index (χ4n) is 1.35. The van der Waals surface area contributed by atoms with Gasteiger partial charge in [0.2, 0.25) is 5.13 Å². The van der Waals surface area contributed by atoms with Crippen molar-refractivity contribution in [1.82, 2.24) is 20.0 Å². The van der Waals surface area contributed by atoms with Crippen LogP contribution in [-0.2, 0) is 0 Å². The summed E-state index contributed by atoms with van der Waals surface area (Å²) in [4.78, 5) is 0. The summed E-state index contributed by atoms with van der Waals surface area (Å²) in [6.07, 6.45) is 2.81. The molecular formula is C9H13N5S. The van der Waals surface area contributed by atoms with Crippen molar-refractivity contribution in [3.63, 3.8) is 0 Å². The van der Waals surface area contributed by atoms with E-state index in [2.05, 4.69) is 29.1 Å². The van der Waals surface area contributed by atoms with Crippen LogP contribution in [0.2, 0.25) is 0 Å². The van der Waals surface area contributed by atoms with Gasteiger partial charge in [-0.25, -0.2) is 0 Å². The molecule has 0 aliphatic rings. The van der Waals surface area contributed by atoms with E-state index in [4.69, 9.17) is 5.73 Å². The number of hydrogen-bond acceptors (Lipinski definition) is 5. The molecule has 0 saturated heterocycles. The number of nitrogens with two attached hydrogens (primary N) is 1. The maximum absolute atomic E-state index is 5.56. The first-order valence-electron chi connectivity index (χ1n) is 4.85. The summed E-state index contributed by atoms with van der Waals surface area (Å²) in [5.41, 5.74) is 6.54. The summed E-state index contributed by atoms with van der Waals surface area (Å²) >= 11 is 1.38. The van der Waals surface area contributed by atoms with Crippen LogP contribution < -0.4 is 5.73 Å². The van der Waals surface area contributed by atoms with Gasteiger partial charge in [0, 0.05) is 12.2 Å². The lowest BCUT2D eigenvalue weighted by atomic mass is 10.2. The van der Waals surface area contributed by atoms with Crippen molar-refractivity contribution >= 4 is 16.5 Å². The van der Waals surface area contributed by atoms with Gasteiger partial charge in [0.05, 0.1) is 5.69 Å². The molecule has 0 amide bonds. The van der Waals surface area contributed by atoms with E-state index in [1.165, 1.54) is 11.3 Å². The molecule has 0 bridgehead atoms. The second-order valence-electron chi connectivity index (χ2n) is 3.36. The van der Waals surface area contributed by atoms with Gasteiger partial charge in [-0.1, -0.05) is 18.3 Å². The lowest BCUT2D eigenvalue weighted by Crippen LogP contribution is -2.07. The van der Waals surface area contributed by atoms with Gasteiger partial charge in [-0.2, -0.15) is 5.10 Å². The van der Waals surface area contributed by atoms with Crippen LogP contribution in [0.5, 0.6) is 0 Å². The molecule has 0 fully saturated rings. The number of hydrogen-bond donors (Lipinski definition) is 1. The van der Waals surface area contributed by atoms with Gasteiger partial charge in [0.25, 0.3) is 0 Å². The molecule has 5 nitrogen and oxygen atoms in total. The highest BCUT2D eigenvalue weighted by molar-refractivity contribution is 7.18. The minimum absolute atomic E-state index is 0.361. The third-order valence-electron chi connectivity index (χ3n) is 2.34. The molecule has 2 heterocycles. The van der Waals surface area contributed by atoms with Crippen LogP contribution in [0.15, 0.2) is 12.3 Å². The largest absolute Gasteiger partial charge is 0.374 e. The third kappa shape index (κ3) is 1.85. The Kier molecular flexibility index (Phi) is 2.68. The maximum atomic E-state index is 5.56. The molecule has 2 rings (SSSR count). The first-order chi connectivity index (χ1) is 7.22. The highest BCUT2D eigenvalue weighted by Crippen LogP contribution is 2.26. The number of anilines is 1. The van der Waals surface area contributed by atoms with E-state index < -0.39 is 0 Å². The Morgan fingerprint density at radius 2 is 2.33 bits per heavy atom. The molecule has 0 aliphatic heterocycles. The molecule has 1 atom stereocenters. The van der Waals surface area contributed by atoms with Gasteiger partial charge in [0.1, 0.15) is 0 Å². The molecule has 2 aromatic heterocycles. The summed E-state index contributed by atoms with van der Waals surface area (Å²) in [6.45, 7) is 4.26. The van der Waals surface area contributed by atoms with Gasteiger partial charge in [0.15, 0.2) is 5.01 Å². The zero-order chi connectivity index (χ0) is 10.8. The lowest BCUT2D eigenvalue weighted by molar-refractivity contribution is 0.483. The van der Waals surface area contributed by atoms with Gasteiger partial charge < -0.3 is 5.73 Å². The highest BCUT2D eigenvalue weighted by atomic mass is 32.1. The Morgan fingerprint density at radius 3 is 2.93 bits per heavy atom. The Bertz CT molecular complexity index is 447. The number of rotatable bonds is 3. The van der Waals surface area contributed by atoms with Crippen LogP contribution in [0.1, 0.15) is 26.3 Å². The van der Waals surface area contributed by atoms with E-state index in [1.807, 2.05) is 10.7 Å². The summed E-state index contributed by atoms with van der Waals surface area (Å²) in [5, 5.41) is 13.4. The first kappa shape index (κ1) is 10.1. The fraction of sp³-hybridized carbons (Fsp3) is 0.444. The first-order valence-corrected chi connectivity index (χ1v) is 5.67. The quantitative estimate of drug-likeness (QED) is 0.863. The zero-order valence-corrected chi connectivity index (χ0v) is 9.53. The Hall–Kier alpha value is -1.43. The SMILES string of the molecule is CC[C@@H](C)n1nccc1-c1nnc(N)s1. The monoisotopic (exact) mass is 223 g/mol. The second kappa shape index (κ2) is 3.98. The minimum Gasteiger partial charge on any atom is -0.374 e. The van der Waals surface area contributed by atoms with Gasteiger partial charge in [-0.05, 0) is 19.4 Å². The Balaban J connectivity index is 2.40. The van der Waals surface area contributed by atoms with Crippen molar-refractivity contribution in [3.05, 3.63) is 12.3 Å². The van der Waals surface area contributed by atoms with E-state index in [9.17, 15) is 0 Å². The molecule has 6 heteroatoms. The second-order valence-corrected chi connectivity index (χ2v) is 4.37. The van der Waals surface area contributed by atoms with Crippen LogP contribution in [0, 0.1) is 0 Å². The molecule has 0 aliphatic carbocycles. The van der Waals surface area contributed by atoms with Gasteiger partial charge >= 0.3 is 0 Å². The predicted octanol–water partition coefficient (Wildman–Crippen LogP) is 1.95. The number of nitrogens with zero attached hydrogens (tertiary/aromatic N) is 4. The zero-order valence-electron chi connectivity index (χ0n) is 8.71. The summed E-state index contributed by atoms with van der Waals surface area (Å²) in [6, 6.07) is 2.30. The number of aromatic nitrogens is 4. The normalized spacial score (nSPS) is 12.9. The van der Waals surface area contributed by atoms with Crippen LogP contribution in [0.25, 0.3) is 10.7 Å². The molecule has 2 aromatic rings. The van der Waals surface area contributed by atoms with E-state index in [-0.39, 0.29) is 0 Å². The van der Waals surface area contributed by atoms with E-state index in [0.717, 1.165) is 17.1 Å². The molecular weight excluding hydrogens is 210 g/mol. The minimum atomic E-state index is 0.361. The molecule has 0 radical (unpaired) electrons. The molecule has 0 saturated carbocycles. The van der Waals surface area contributed by atoms with Crippen molar-refractivity contribution in [3.8, 4) is 10.7 Å². The van der Waals surface area contributed by atoms with Gasteiger partial charge in [-0.15, -0.1) is 10.2 Å². The van der Waals surface area contributed by atoms with E-state index in [1.54, 1.807) is 6.20 Å². The summed E-state index contributed by atoms with van der Waals surface area (Å²) < 4.78 is 1.96. The van der Waals surface area contributed by atoms with Crippen LogP contribution >= 0.6 is 11.3 Å². The molecule has 0 aromatic carbocycles. The topological polar surface area (TPSA) is 69.6 Å². The average Bonchev–Trinajstić information content (AvgIpc) is 2.84. The highest BCUT2D eigenvalue weighted by Gasteiger charge is 2.13. The number of nitrogen functional groups attached to an aromatic ring is 1. The van der Waals surface area contributed by atoms with Crippen molar-refractivity contribution in [2.45, 2.75) is 26.3 Å². The van der Waals surface area contributed by atoms with Crippen molar-refractivity contribution in [2.24, 2.45) is 0 Å². The third-order valence-corrected chi connectivity index (χ3v) is 3.11. The molecule has 2 N–H and O–H groups in total. The van der Waals surface area contributed by atoms with Crippen molar-refractivity contribution in [1.29, 1.82) is 0 Å². The van der Waals surface area contributed by atoms with Crippen LogP contribution in [-0.4, -0.2) is 20.0 Å². The maximum Gasteiger partial charge on any atom is 0.203 e. The molecule has 80 valence electrons. The van der Waals surface area contributed by atoms with Crippen LogP contribution in [0.3, 0.4) is 0 Å². The smallest absolute Gasteiger partial charge is 0.203 e.